The van der Waals surface area contributed by atoms with Gasteiger partial charge in [-0.2, -0.15) is 0 Å². The highest BCUT2D eigenvalue weighted by Gasteiger charge is 2.08. The number of hydrogen-bond acceptors (Lipinski definition) is 4. The summed E-state index contributed by atoms with van der Waals surface area (Å²) >= 11 is 0. The van der Waals surface area contributed by atoms with Crippen molar-refractivity contribution in [1.82, 2.24) is 5.32 Å². The van der Waals surface area contributed by atoms with Gasteiger partial charge in [-0.1, -0.05) is 17.2 Å². The molecule has 118 valence electrons. The molecule has 0 aliphatic carbocycles. The number of carbonyl (C=O) groups excluding carboxylic acids is 2. The third kappa shape index (κ3) is 6.25. The van der Waals surface area contributed by atoms with Gasteiger partial charge in [0, 0.05) is 17.0 Å². The Morgan fingerprint density at radius 2 is 1.95 bits per heavy atom. The van der Waals surface area contributed by atoms with Crippen LogP contribution in [-0.2, 0) is 11.3 Å². The van der Waals surface area contributed by atoms with Gasteiger partial charge in [-0.05, 0) is 42.5 Å². The number of nitrogens with zero attached hydrogens (tertiary/aromatic N) is 3. The molecule has 0 aromatic heterocycles. The van der Waals surface area contributed by atoms with E-state index in [4.69, 9.17) is 17.0 Å². The minimum atomic E-state index is -0.626. The number of nitrogens with one attached hydrogen (secondary N) is 1. The summed E-state index contributed by atoms with van der Waals surface area (Å²) in [6.07, 6.45) is 1.95. The molecule has 0 unspecified atom stereocenters. The van der Waals surface area contributed by atoms with Crippen LogP contribution >= 0.6 is 0 Å². The molecule has 8 nitrogen and oxygen atoms in total. The highest BCUT2D eigenvalue weighted by Crippen LogP contribution is 2.06. The summed E-state index contributed by atoms with van der Waals surface area (Å²) in [5, 5.41) is 6.24. The Balaban J connectivity index is 2.30. The van der Waals surface area contributed by atoms with Crippen molar-refractivity contribution in [3.63, 3.8) is 0 Å². The number of unbranched alkanes of at least 4 members (excludes halogenated alkanes) is 1. The van der Waals surface area contributed by atoms with Gasteiger partial charge < -0.3 is 16.8 Å². The van der Waals surface area contributed by atoms with E-state index >= 15 is 0 Å². The van der Waals surface area contributed by atoms with Gasteiger partial charge in [-0.25, -0.2) is 0 Å². The molecular weight excluding hydrogens is 284 g/mol. The number of benzene rings is 1. The van der Waals surface area contributed by atoms with Crippen LogP contribution in [0.15, 0.2) is 29.4 Å². The number of amides is 2. The van der Waals surface area contributed by atoms with E-state index in [9.17, 15) is 9.59 Å². The predicted octanol–water partition coefficient (Wildman–Crippen LogP) is 1.21. The second kappa shape index (κ2) is 9.38. The van der Waals surface area contributed by atoms with E-state index in [1.54, 1.807) is 24.3 Å². The van der Waals surface area contributed by atoms with Crippen LogP contribution < -0.4 is 16.8 Å². The Morgan fingerprint density at radius 3 is 2.55 bits per heavy atom. The molecule has 1 aromatic rings. The van der Waals surface area contributed by atoms with E-state index in [1.165, 1.54) is 0 Å². The number of carbonyl (C=O) groups is 2. The van der Waals surface area contributed by atoms with E-state index in [0.29, 0.717) is 18.5 Å². The highest BCUT2D eigenvalue weighted by molar-refractivity contribution is 5.94. The van der Waals surface area contributed by atoms with Crippen LogP contribution in [0.3, 0.4) is 0 Å². The topological polar surface area (TPSA) is 147 Å². The molecule has 0 fully saturated rings. The molecule has 0 saturated heterocycles. The number of rotatable bonds is 9. The largest absolute Gasteiger partial charge is 0.368 e. The summed E-state index contributed by atoms with van der Waals surface area (Å²) in [4.78, 5) is 25.3. The highest BCUT2D eigenvalue weighted by atomic mass is 16.2. The lowest BCUT2D eigenvalue weighted by atomic mass is 10.1. The van der Waals surface area contributed by atoms with Crippen LogP contribution in [0.2, 0.25) is 0 Å². The average Bonchev–Trinajstić information content (AvgIpc) is 2.52. The predicted molar refractivity (Wildman–Crippen MR) is 82.6 cm³/mol. The number of hydrogen-bond donors (Lipinski definition) is 3. The standard InChI is InChI=1S/C14H20N6O2/c15-12(13(16)21)3-1-2-8-18-14(22)11-6-4-10(5-7-11)9-19-20-17/h4-7,12H,1-3,8-9,15H2,(H2,16,21)(H,18,22)/t12-/m0/s1. The molecule has 0 aliphatic rings. The Kier molecular flexibility index (Phi) is 7.45. The Hall–Kier alpha value is -2.57. The van der Waals surface area contributed by atoms with Gasteiger partial charge in [-0.15, -0.1) is 0 Å². The van der Waals surface area contributed by atoms with Crippen molar-refractivity contribution < 1.29 is 9.59 Å². The van der Waals surface area contributed by atoms with Crippen LogP contribution in [0.4, 0.5) is 0 Å². The minimum absolute atomic E-state index is 0.172. The van der Waals surface area contributed by atoms with Gasteiger partial charge in [0.1, 0.15) is 0 Å². The second-order valence-electron chi connectivity index (χ2n) is 4.85. The van der Waals surface area contributed by atoms with Crippen molar-refractivity contribution in [2.24, 2.45) is 16.6 Å². The number of nitrogens with two attached hydrogens (primary N) is 2. The van der Waals surface area contributed by atoms with E-state index in [1.807, 2.05) is 0 Å². The summed E-state index contributed by atoms with van der Waals surface area (Å²) in [7, 11) is 0. The van der Waals surface area contributed by atoms with Gasteiger partial charge in [0.25, 0.3) is 5.91 Å². The molecule has 0 bridgehead atoms. The lowest BCUT2D eigenvalue weighted by Crippen LogP contribution is -2.36. The Bertz CT molecular complexity index is 551. The van der Waals surface area contributed by atoms with Gasteiger partial charge in [0.05, 0.1) is 12.6 Å². The summed E-state index contributed by atoms with van der Waals surface area (Å²) in [6.45, 7) is 0.767. The maximum atomic E-state index is 11.9. The van der Waals surface area contributed by atoms with Crippen molar-refractivity contribution in [1.29, 1.82) is 0 Å². The summed E-state index contributed by atoms with van der Waals surface area (Å²) in [6, 6.07) is 6.23. The molecule has 22 heavy (non-hydrogen) atoms. The van der Waals surface area contributed by atoms with Crippen molar-refractivity contribution in [2.75, 3.05) is 6.54 Å². The van der Waals surface area contributed by atoms with Gasteiger partial charge >= 0.3 is 0 Å². The maximum Gasteiger partial charge on any atom is 0.251 e. The summed E-state index contributed by atoms with van der Waals surface area (Å²) in [5.41, 5.74) is 20.2. The lowest BCUT2D eigenvalue weighted by Gasteiger charge is -2.08. The molecule has 1 atom stereocenters. The van der Waals surface area contributed by atoms with E-state index in [-0.39, 0.29) is 12.5 Å². The Morgan fingerprint density at radius 1 is 1.27 bits per heavy atom. The minimum Gasteiger partial charge on any atom is -0.368 e. The van der Waals surface area contributed by atoms with Gasteiger partial charge in [0.2, 0.25) is 5.91 Å². The van der Waals surface area contributed by atoms with Crippen LogP contribution in [0.1, 0.15) is 35.2 Å². The van der Waals surface area contributed by atoms with Crippen molar-refractivity contribution in [2.45, 2.75) is 31.8 Å². The quantitative estimate of drug-likeness (QED) is 0.272. The van der Waals surface area contributed by atoms with Crippen LogP contribution in [-0.4, -0.2) is 24.4 Å². The number of primary amides is 1. The maximum absolute atomic E-state index is 11.9. The van der Waals surface area contributed by atoms with Gasteiger partial charge in [-0.3, -0.25) is 9.59 Å². The zero-order chi connectivity index (χ0) is 16.4. The fourth-order valence-electron chi connectivity index (χ4n) is 1.81. The first kappa shape index (κ1) is 17.5. The fourth-order valence-corrected chi connectivity index (χ4v) is 1.81. The molecule has 2 amide bonds. The number of azide groups is 1. The monoisotopic (exact) mass is 304 g/mol. The molecule has 0 aliphatic heterocycles. The first-order chi connectivity index (χ1) is 10.5. The molecule has 1 aromatic carbocycles. The molecule has 8 heteroatoms. The van der Waals surface area contributed by atoms with Crippen molar-refractivity contribution in [3.05, 3.63) is 45.8 Å². The SMILES string of the molecule is [N-]=[N+]=NCc1ccc(C(=O)NCCCC[C@H](N)C(N)=O)cc1. The van der Waals surface area contributed by atoms with Crippen LogP contribution in [0.5, 0.6) is 0 Å². The molecule has 1 rings (SSSR count). The second-order valence-corrected chi connectivity index (χ2v) is 4.85. The zero-order valence-corrected chi connectivity index (χ0v) is 12.2. The molecule has 0 heterocycles. The molecule has 0 spiro atoms. The molecule has 0 radical (unpaired) electrons. The summed E-state index contributed by atoms with van der Waals surface area (Å²) in [5.74, 6) is -0.681. The first-order valence-corrected chi connectivity index (χ1v) is 6.97. The fraction of sp³-hybridized carbons (Fsp3) is 0.429. The van der Waals surface area contributed by atoms with E-state index in [0.717, 1.165) is 18.4 Å². The smallest absolute Gasteiger partial charge is 0.251 e. The zero-order valence-electron chi connectivity index (χ0n) is 12.2. The molecule has 0 saturated carbocycles. The normalized spacial score (nSPS) is 11.3. The summed E-state index contributed by atoms with van der Waals surface area (Å²) < 4.78 is 0. The molecular formula is C14H20N6O2. The van der Waals surface area contributed by atoms with E-state index in [2.05, 4.69) is 15.3 Å². The third-order valence-corrected chi connectivity index (χ3v) is 3.13. The molecule has 5 N–H and O–H groups in total. The van der Waals surface area contributed by atoms with Gasteiger partial charge in [0.15, 0.2) is 0 Å². The van der Waals surface area contributed by atoms with Crippen LogP contribution in [0, 0.1) is 0 Å². The van der Waals surface area contributed by atoms with E-state index < -0.39 is 11.9 Å². The Labute approximate surface area is 128 Å². The van der Waals surface area contributed by atoms with Crippen LogP contribution in [0.25, 0.3) is 10.4 Å². The lowest BCUT2D eigenvalue weighted by molar-refractivity contribution is -0.119. The van der Waals surface area contributed by atoms with Crippen molar-refractivity contribution in [3.8, 4) is 0 Å². The van der Waals surface area contributed by atoms with Crippen molar-refractivity contribution >= 4 is 11.8 Å². The first-order valence-electron chi connectivity index (χ1n) is 6.97. The third-order valence-electron chi connectivity index (χ3n) is 3.13. The average molecular weight is 304 g/mol.